The molecule has 0 N–H and O–H groups in total. The average Bonchev–Trinajstić information content (AvgIpc) is 3.42. The summed E-state index contributed by atoms with van der Waals surface area (Å²) < 4.78 is 12.6. The first-order chi connectivity index (χ1) is 15.2. The molecule has 0 bridgehead atoms. The van der Waals surface area contributed by atoms with E-state index in [9.17, 15) is 0 Å². The van der Waals surface area contributed by atoms with Gasteiger partial charge in [-0.1, -0.05) is 11.2 Å². The molecule has 0 radical (unpaired) electrons. The highest BCUT2D eigenvalue weighted by atomic mass is 16.5. The second-order valence-electron chi connectivity index (χ2n) is 7.61. The largest absolute Gasteiger partial charge is 0.379 e. The Balaban J connectivity index is 1.30. The van der Waals surface area contributed by atoms with Crippen molar-refractivity contribution < 1.29 is 9.26 Å². The molecule has 1 aliphatic heterocycles. The fourth-order valence-corrected chi connectivity index (χ4v) is 3.61. The quantitative estimate of drug-likeness (QED) is 0.489. The summed E-state index contributed by atoms with van der Waals surface area (Å²) in [6, 6.07) is 9.78. The average molecular weight is 417 g/mol. The van der Waals surface area contributed by atoms with Gasteiger partial charge in [0.25, 0.3) is 5.89 Å². The minimum Gasteiger partial charge on any atom is -0.379 e. The molecule has 0 aliphatic carbocycles. The van der Waals surface area contributed by atoms with E-state index in [1.54, 1.807) is 6.20 Å². The molecule has 1 fully saturated rings. The minimum absolute atomic E-state index is 0.385. The van der Waals surface area contributed by atoms with Crippen LogP contribution in [0.3, 0.4) is 0 Å². The van der Waals surface area contributed by atoms with Crippen molar-refractivity contribution >= 4 is 0 Å². The van der Waals surface area contributed by atoms with Crippen LogP contribution >= 0.6 is 0 Å². The third-order valence-electron chi connectivity index (χ3n) is 5.21. The zero-order valence-corrected chi connectivity index (χ0v) is 17.5. The van der Waals surface area contributed by atoms with Gasteiger partial charge in [-0.3, -0.25) is 9.88 Å². The van der Waals surface area contributed by atoms with E-state index in [-0.39, 0.29) is 0 Å². The molecule has 4 aromatic heterocycles. The second kappa shape index (κ2) is 8.37. The molecule has 0 atom stereocenters. The Hall–Kier alpha value is -3.43. The summed E-state index contributed by atoms with van der Waals surface area (Å²) >= 11 is 0. The van der Waals surface area contributed by atoms with Crippen LogP contribution in [0.5, 0.6) is 0 Å². The van der Waals surface area contributed by atoms with Crippen molar-refractivity contribution in [1.82, 2.24) is 34.8 Å². The van der Waals surface area contributed by atoms with Crippen molar-refractivity contribution in [3.05, 3.63) is 59.7 Å². The number of aromatic nitrogens is 6. The van der Waals surface area contributed by atoms with Crippen LogP contribution in [0.25, 0.3) is 28.8 Å². The number of aryl methyl sites for hydroxylation is 2. The molecule has 1 aliphatic rings. The molecular formula is C22H23N7O2. The van der Waals surface area contributed by atoms with E-state index in [0.717, 1.165) is 61.2 Å². The lowest BCUT2D eigenvalue weighted by Gasteiger charge is -2.26. The van der Waals surface area contributed by atoms with Crippen molar-refractivity contribution in [3.8, 4) is 28.8 Å². The number of hydrogen-bond acceptors (Lipinski definition) is 8. The zero-order valence-electron chi connectivity index (χ0n) is 17.5. The van der Waals surface area contributed by atoms with E-state index >= 15 is 0 Å². The van der Waals surface area contributed by atoms with E-state index in [0.29, 0.717) is 17.4 Å². The van der Waals surface area contributed by atoms with Gasteiger partial charge in [-0.15, -0.1) is 0 Å². The van der Waals surface area contributed by atoms with E-state index in [4.69, 9.17) is 9.26 Å². The highest BCUT2D eigenvalue weighted by molar-refractivity contribution is 5.57. The van der Waals surface area contributed by atoms with Crippen LogP contribution in [-0.2, 0) is 11.3 Å². The summed E-state index contributed by atoms with van der Waals surface area (Å²) in [6.07, 6.45) is 3.58. The normalized spacial score (nSPS) is 14.8. The fourth-order valence-electron chi connectivity index (χ4n) is 3.61. The van der Waals surface area contributed by atoms with Crippen LogP contribution in [0.1, 0.15) is 17.0 Å². The van der Waals surface area contributed by atoms with Crippen LogP contribution < -0.4 is 0 Å². The van der Waals surface area contributed by atoms with Crippen molar-refractivity contribution in [2.45, 2.75) is 20.4 Å². The fraction of sp³-hybridized carbons (Fsp3) is 0.318. The Bertz CT molecular complexity index is 1160. The van der Waals surface area contributed by atoms with Gasteiger partial charge in [-0.2, -0.15) is 10.1 Å². The standard InChI is InChI=1S/C22H23N7O2/c1-15-11-16(2)29(26-15)20-6-4-18(13-24-20)21-25-22(31-27-21)19-5-3-17(12-23-19)14-28-7-9-30-10-8-28/h3-6,11-13H,7-10,14H2,1-2H3. The summed E-state index contributed by atoms with van der Waals surface area (Å²) in [7, 11) is 0. The molecule has 5 rings (SSSR count). The summed E-state index contributed by atoms with van der Waals surface area (Å²) in [5, 5.41) is 8.55. The number of morpholine rings is 1. The predicted molar refractivity (Wildman–Crippen MR) is 113 cm³/mol. The highest BCUT2D eigenvalue weighted by Gasteiger charge is 2.14. The third kappa shape index (κ3) is 4.23. The van der Waals surface area contributed by atoms with Crippen LogP contribution in [0.2, 0.25) is 0 Å². The molecular weight excluding hydrogens is 394 g/mol. The molecule has 9 nitrogen and oxygen atoms in total. The van der Waals surface area contributed by atoms with Gasteiger partial charge in [-0.25, -0.2) is 9.67 Å². The van der Waals surface area contributed by atoms with Crippen molar-refractivity contribution in [2.75, 3.05) is 26.3 Å². The molecule has 9 heteroatoms. The van der Waals surface area contributed by atoms with Gasteiger partial charge in [0.1, 0.15) is 5.69 Å². The maximum absolute atomic E-state index is 5.44. The van der Waals surface area contributed by atoms with E-state index < -0.39 is 0 Å². The van der Waals surface area contributed by atoms with E-state index in [2.05, 4.69) is 30.1 Å². The van der Waals surface area contributed by atoms with Gasteiger partial charge in [0, 0.05) is 43.3 Å². The molecule has 31 heavy (non-hydrogen) atoms. The maximum atomic E-state index is 5.44. The molecule has 0 saturated carbocycles. The summed E-state index contributed by atoms with van der Waals surface area (Å²) in [5.74, 6) is 1.60. The molecule has 0 unspecified atom stereocenters. The first kappa shape index (κ1) is 19.5. The zero-order chi connectivity index (χ0) is 21.2. The Kier molecular flexibility index (Phi) is 5.27. The lowest BCUT2D eigenvalue weighted by atomic mass is 10.2. The van der Waals surface area contributed by atoms with Gasteiger partial charge < -0.3 is 9.26 Å². The number of pyridine rings is 2. The Labute approximate surface area is 179 Å². The Morgan fingerprint density at radius 1 is 1.00 bits per heavy atom. The Morgan fingerprint density at radius 2 is 1.87 bits per heavy atom. The third-order valence-corrected chi connectivity index (χ3v) is 5.21. The highest BCUT2D eigenvalue weighted by Crippen LogP contribution is 2.22. The number of nitrogens with zero attached hydrogens (tertiary/aromatic N) is 7. The van der Waals surface area contributed by atoms with Crippen LogP contribution in [-0.4, -0.2) is 61.1 Å². The number of rotatable bonds is 5. The van der Waals surface area contributed by atoms with Gasteiger partial charge >= 0.3 is 0 Å². The van der Waals surface area contributed by atoms with Crippen molar-refractivity contribution in [2.24, 2.45) is 0 Å². The SMILES string of the molecule is Cc1cc(C)n(-c2ccc(-c3noc(-c4ccc(CN5CCOCC5)cn4)n3)cn2)n1. The number of hydrogen-bond donors (Lipinski definition) is 0. The van der Waals surface area contributed by atoms with Gasteiger partial charge in [0.05, 0.1) is 18.9 Å². The minimum atomic E-state index is 0.385. The first-order valence-corrected chi connectivity index (χ1v) is 10.2. The maximum Gasteiger partial charge on any atom is 0.276 e. The van der Waals surface area contributed by atoms with E-state index in [1.807, 2.05) is 55.1 Å². The number of ether oxygens (including phenoxy) is 1. The molecule has 158 valence electrons. The lowest BCUT2D eigenvalue weighted by molar-refractivity contribution is 0.0341. The molecule has 4 aromatic rings. The molecule has 0 spiro atoms. The van der Waals surface area contributed by atoms with Crippen LogP contribution in [0.4, 0.5) is 0 Å². The van der Waals surface area contributed by atoms with Crippen LogP contribution in [0, 0.1) is 13.8 Å². The topological polar surface area (TPSA) is 95.0 Å². The molecule has 1 saturated heterocycles. The molecule has 0 amide bonds. The Morgan fingerprint density at radius 3 is 2.55 bits per heavy atom. The van der Waals surface area contributed by atoms with Gasteiger partial charge in [0.15, 0.2) is 5.82 Å². The van der Waals surface area contributed by atoms with Gasteiger partial charge in [0.2, 0.25) is 5.82 Å². The first-order valence-electron chi connectivity index (χ1n) is 10.2. The van der Waals surface area contributed by atoms with Crippen molar-refractivity contribution in [3.63, 3.8) is 0 Å². The summed E-state index contributed by atoms with van der Waals surface area (Å²) in [4.78, 5) is 15.8. The van der Waals surface area contributed by atoms with Gasteiger partial charge in [-0.05, 0) is 43.7 Å². The summed E-state index contributed by atoms with van der Waals surface area (Å²) in [5.41, 5.74) is 4.55. The lowest BCUT2D eigenvalue weighted by Crippen LogP contribution is -2.35. The summed E-state index contributed by atoms with van der Waals surface area (Å²) in [6.45, 7) is 8.28. The smallest absolute Gasteiger partial charge is 0.276 e. The van der Waals surface area contributed by atoms with E-state index in [1.165, 1.54) is 0 Å². The predicted octanol–water partition coefficient (Wildman–Crippen LogP) is 2.83. The monoisotopic (exact) mass is 417 g/mol. The molecule has 5 heterocycles. The van der Waals surface area contributed by atoms with Crippen molar-refractivity contribution in [1.29, 1.82) is 0 Å². The van der Waals surface area contributed by atoms with Crippen LogP contribution in [0.15, 0.2) is 47.2 Å². The second-order valence-corrected chi connectivity index (χ2v) is 7.61. The molecule has 0 aromatic carbocycles.